The monoisotopic (exact) mass is 255 g/mol. The Morgan fingerprint density at radius 3 is 2.89 bits per heavy atom. The molecule has 0 saturated carbocycles. The predicted molar refractivity (Wildman–Crippen MR) is 62.4 cm³/mol. The van der Waals surface area contributed by atoms with Crippen molar-refractivity contribution in [3.63, 3.8) is 0 Å². The van der Waals surface area contributed by atoms with Crippen molar-refractivity contribution in [2.24, 2.45) is 0 Å². The van der Waals surface area contributed by atoms with Gasteiger partial charge >= 0.3 is 0 Å². The van der Waals surface area contributed by atoms with Gasteiger partial charge < -0.3 is 10.1 Å². The molecule has 1 saturated heterocycles. The molecule has 3 nitrogen and oxygen atoms in total. The molecule has 1 aliphatic rings. The van der Waals surface area contributed by atoms with Crippen molar-refractivity contribution in [1.29, 1.82) is 0 Å². The first kappa shape index (κ1) is 13.0. The average Bonchev–Trinajstić information content (AvgIpc) is 2.86. The third-order valence-electron chi connectivity index (χ3n) is 3.03. The van der Waals surface area contributed by atoms with Crippen molar-refractivity contribution in [2.45, 2.75) is 25.9 Å². The van der Waals surface area contributed by atoms with Gasteiger partial charge in [0.2, 0.25) is 0 Å². The highest BCUT2D eigenvalue weighted by molar-refractivity contribution is 5.94. The van der Waals surface area contributed by atoms with Gasteiger partial charge in [-0.1, -0.05) is 6.07 Å². The first-order chi connectivity index (χ1) is 8.59. The molecule has 0 bridgehead atoms. The van der Waals surface area contributed by atoms with Gasteiger partial charge in [0.15, 0.2) is 11.6 Å². The highest BCUT2D eigenvalue weighted by Crippen LogP contribution is 2.16. The lowest BCUT2D eigenvalue weighted by Crippen LogP contribution is -2.32. The first-order valence-electron chi connectivity index (χ1n) is 5.94. The molecule has 1 aliphatic heterocycles. The fourth-order valence-electron chi connectivity index (χ4n) is 1.93. The van der Waals surface area contributed by atoms with Gasteiger partial charge in [-0.25, -0.2) is 8.78 Å². The standard InChI is InChI=1S/C13H15F2NO2/c1-8-4-5-10(12(15)11(8)14)13(17)16-7-9-3-2-6-18-9/h4-5,9H,2-3,6-7H2,1H3,(H,16,17)/t9-/m0/s1. The summed E-state index contributed by atoms with van der Waals surface area (Å²) in [5.41, 5.74) is -0.0840. The molecule has 0 spiro atoms. The molecule has 1 N–H and O–H groups in total. The Morgan fingerprint density at radius 1 is 1.44 bits per heavy atom. The molecule has 1 aromatic carbocycles. The molecule has 1 atom stereocenters. The molecule has 1 fully saturated rings. The number of halogens is 2. The van der Waals surface area contributed by atoms with Crippen molar-refractivity contribution in [2.75, 3.05) is 13.2 Å². The molecule has 0 aliphatic carbocycles. The quantitative estimate of drug-likeness (QED) is 0.899. The second-order valence-corrected chi connectivity index (χ2v) is 4.40. The fraction of sp³-hybridized carbons (Fsp3) is 0.462. The summed E-state index contributed by atoms with van der Waals surface area (Å²) in [6.07, 6.45) is 1.83. The van der Waals surface area contributed by atoms with Gasteiger partial charge in [-0.05, 0) is 31.4 Å². The van der Waals surface area contributed by atoms with Crippen LogP contribution in [0.15, 0.2) is 12.1 Å². The first-order valence-corrected chi connectivity index (χ1v) is 5.94. The average molecular weight is 255 g/mol. The van der Waals surface area contributed by atoms with E-state index in [1.54, 1.807) is 0 Å². The lowest BCUT2D eigenvalue weighted by molar-refractivity contribution is 0.0853. The van der Waals surface area contributed by atoms with Crippen LogP contribution in [-0.2, 0) is 4.74 Å². The smallest absolute Gasteiger partial charge is 0.254 e. The molecule has 0 aromatic heterocycles. The number of aryl methyl sites for hydroxylation is 1. The second kappa shape index (κ2) is 5.44. The minimum atomic E-state index is -1.10. The van der Waals surface area contributed by atoms with Crippen molar-refractivity contribution in [3.05, 3.63) is 34.9 Å². The largest absolute Gasteiger partial charge is 0.376 e. The zero-order valence-corrected chi connectivity index (χ0v) is 10.1. The highest BCUT2D eigenvalue weighted by atomic mass is 19.2. The molecular formula is C13H15F2NO2. The highest BCUT2D eigenvalue weighted by Gasteiger charge is 2.20. The Bertz CT molecular complexity index is 457. The van der Waals surface area contributed by atoms with Crippen LogP contribution in [0.4, 0.5) is 8.78 Å². The van der Waals surface area contributed by atoms with Gasteiger partial charge in [-0.15, -0.1) is 0 Å². The number of amides is 1. The Kier molecular flexibility index (Phi) is 3.91. The minimum absolute atomic E-state index is 0.0210. The van der Waals surface area contributed by atoms with Gasteiger partial charge in [0.1, 0.15) is 0 Å². The lowest BCUT2D eigenvalue weighted by Gasteiger charge is -2.11. The molecule has 18 heavy (non-hydrogen) atoms. The Morgan fingerprint density at radius 2 is 2.22 bits per heavy atom. The van der Waals surface area contributed by atoms with Gasteiger partial charge in [0.05, 0.1) is 11.7 Å². The van der Waals surface area contributed by atoms with Crippen LogP contribution in [0, 0.1) is 18.6 Å². The maximum Gasteiger partial charge on any atom is 0.254 e. The molecule has 0 radical (unpaired) electrons. The van der Waals surface area contributed by atoms with Crippen LogP contribution in [0.1, 0.15) is 28.8 Å². The van der Waals surface area contributed by atoms with Crippen LogP contribution in [0.2, 0.25) is 0 Å². The summed E-state index contributed by atoms with van der Waals surface area (Å²) in [7, 11) is 0. The Hall–Kier alpha value is -1.49. The predicted octanol–water partition coefficient (Wildman–Crippen LogP) is 2.18. The van der Waals surface area contributed by atoms with E-state index in [0.29, 0.717) is 13.2 Å². The van der Waals surface area contributed by atoms with Crippen molar-refractivity contribution in [1.82, 2.24) is 5.32 Å². The number of hydrogen-bond donors (Lipinski definition) is 1. The normalized spacial score (nSPS) is 18.9. The summed E-state index contributed by atoms with van der Waals surface area (Å²) in [5, 5.41) is 2.56. The van der Waals surface area contributed by atoms with Crippen molar-refractivity contribution in [3.8, 4) is 0 Å². The number of carbonyl (C=O) groups is 1. The molecular weight excluding hydrogens is 240 g/mol. The van der Waals surface area contributed by atoms with Gasteiger partial charge in [0.25, 0.3) is 5.91 Å². The topological polar surface area (TPSA) is 38.3 Å². The van der Waals surface area contributed by atoms with E-state index in [1.807, 2.05) is 0 Å². The van der Waals surface area contributed by atoms with Crippen LogP contribution in [-0.4, -0.2) is 25.2 Å². The summed E-state index contributed by atoms with van der Waals surface area (Å²) in [6.45, 7) is 2.47. The number of carbonyl (C=O) groups excluding carboxylic acids is 1. The fourth-order valence-corrected chi connectivity index (χ4v) is 1.93. The van der Waals surface area contributed by atoms with E-state index in [9.17, 15) is 13.6 Å². The molecule has 5 heteroatoms. The third kappa shape index (κ3) is 2.67. The second-order valence-electron chi connectivity index (χ2n) is 4.40. The van der Waals surface area contributed by atoms with Crippen LogP contribution in [0.25, 0.3) is 0 Å². The molecule has 1 amide bonds. The van der Waals surface area contributed by atoms with Gasteiger partial charge in [-0.2, -0.15) is 0 Å². The van der Waals surface area contributed by atoms with E-state index in [0.717, 1.165) is 12.8 Å². The third-order valence-corrected chi connectivity index (χ3v) is 3.03. The van der Waals surface area contributed by atoms with E-state index >= 15 is 0 Å². The zero-order chi connectivity index (χ0) is 13.1. The molecule has 1 aromatic rings. The lowest BCUT2D eigenvalue weighted by atomic mass is 10.1. The van der Waals surface area contributed by atoms with Gasteiger partial charge in [-0.3, -0.25) is 4.79 Å². The van der Waals surface area contributed by atoms with Crippen LogP contribution < -0.4 is 5.32 Å². The summed E-state index contributed by atoms with van der Waals surface area (Å²) >= 11 is 0. The summed E-state index contributed by atoms with van der Waals surface area (Å²) in [6, 6.07) is 2.68. The van der Waals surface area contributed by atoms with E-state index in [2.05, 4.69) is 5.32 Å². The summed E-state index contributed by atoms with van der Waals surface area (Å²) in [5.74, 6) is -2.68. The van der Waals surface area contributed by atoms with Crippen molar-refractivity contribution >= 4 is 5.91 Å². The number of nitrogens with one attached hydrogen (secondary N) is 1. The van der Waals surface area contributed by atoms with E-state index < -0.39 is 17.5 Å². The van der Waals surface area contributed by atoms with E-state index in [4.69, 9.17) is 4.74 Å². The number of hydrogen-bond acceptors (Lipinski definition) is 2. The molecule has 2 rings (SSSR count). The molecule has 98 valence electrons. The van der Waals surface area contributed by atoms with Crippen LogP contribution in [0.5, 0.6) is 0 Å². The Labute approximate surface area is 104 Å². The maximum atomic E-state index is 13.5. The van der Waals surface area contributed by atoms with E-state index in [1.165, 1.54) is 19.1 Å². The Balaban J connectivity index is 2.02. The summed E-state index contributed by atoms with van der Waals surface area (Å²) in [4.78, 5) is 11.7. The summed E-state index contributed by atoms with van der Waals surface area (Å²) < 4.78 is 32.2. The number of benzene rings is 1. The molecule has 0 unspecified atom stereocenters. The van der Waals surface area contributed by atoms with E-state index in [-0.39, 0.29) is 17.2 Å². The van der Waals surface area contributed by atoms with Crippen LogP contribution in [0.3, 0.4) is 0 Å². The van der Waals surface area contributed by atoms with Crippen molar-refractivity contribution < 1.29 is 18.3 Å². The van der Waals surface area contributed by atoms with Crippen LogP contribution >= 0.6 is 0 Å². The van der Waals surface area contributed by atoms with Gasteiger partial charge in [0, 0.05) is 13.2 Å². The number of rotatable bonds is 3. The maximum absolute atomic E-state index is 13.5. The molecule has 1 heterocycles. The SMILES string of the molecule is Cc1ccc(C(=O)NC[C@@H]2CCCO2)c(F)c1F. The minimum Gasteiger partial charge on any atom is -0.376 e. The zero-order valence-electron chi connectivity index (χ0n) is 10.1. The number of ether oxygens (including phenoxy) is 1.